The monoisotopic (exact) mass is 224 g/mol. The smallest absolute Gasteiger partial charge is 0.216 e. The molecule has 3 nitrogen and oxygen atoms in total. The third-order valence-corrected chi connectivity index (χ3v) is 3.76. The van der Waals surface area contributed by atoms with Crippen LogP contribution in [0.3, 0.4) is 0 Å². The number of hydrogen-bond acceptors (Lipinski definition) is 5. The molecule has 2 rings (SSSR count). The van der Waals surface area contributed by atoms with Gasteiger partial charge < -0.3 is 0 Å². The molecule has 0 aliphatic heterocycles. The van der Waals surface area contributed by atoms with E-state index in [0.29, 0.717) is 0 Å². The van der Waals surface area contributed by atoms with Crippen molar-refractivity contribution in [2.75, 3.05) is 0 Å². The topological polar surface area (TPSA) is 42.9 Å². The van der Waals surface area contributed by atoms with Crippen LogP contribution >= 0.6 is 22.7 Å². The molecule has 0 N–H and O–H groups in total. The zero-order valence-corrected chi connectivity index (χ0v) is 9.41. The van der Waals surface area contributed by atoms with Crippen LogP contribution in [0.4, 0.5) is 0 Å². The van der Waals surface area contributed by atoms with Gasteiger partial charge in [-0.2, -0.15) is 0 Å². The Morgan fingerprint density at radius 3 is 1.79 bits per heavy atom. The summed E-state index contributed by atoms with van der Waals surface area (Å²) in [5, 5.41) is 0. The number of rotatable bonds is 2. The van der Waals surface area contributed by atoms with E-state index in [1.807, 2.05) is 13.8 Å². The van der Waals surface area contributed by atoms with Crippen molar-refractivity contribution in [2.24, 2.45) is 0 Å². The first-order chi connectivity index (χ1) is 6.70. The molecule has 0 radical (unpaired) electrons. The van der Waals surface area contributed by atoms with Gasteiger partial charge in [0.1, 0.15) is 0 Å². The Bertz CT molecular complexity index is 430. The number of carbonyl (C=O) groups excluding carboxylic acids is 1. The van der Waals surface area contributed by atoms with E-state index in [1.165, 1.54) is 22.7 Å². The number of thiazole rings is 2. The van der Waals surface area contributed by atoms with Crippen molar-refractivity contribution < 1.29 is 4.79 Å². The van der Waals surface area contributed by atoms with E-state index >= 15 is 0 Å². The maximum Gasteiger partial charge on any atom is 0.216 e. The predicted octanol–water partition coefficient (Wildman–Crippen LogP) is 2.45. The van der Waals surface area contributed by atoms with Crippen LogP contribution in [0.1, 0.15) is 25.9 Å². The summed E-state index contributed by atoms with van der Waals surface area (Å²) in [6.07, 6.45) is 0. The third kappa shape index (κ3) is 1.49. The van der Waals surface area contributed by atoms with Gasteiger partial charge in [0.2, 0.25) is 5.78 Å². The van der Waals surface area contributed by atoms with Gasteiger partial charge in [-0.3, -0.25) is 4.79 Å². The minimum atomic E-state index is 0.0463. The van der Waals surface area contributed by atoms with Crippen LogP contribution in [0.2, 0.25) is 0 Å². The molecule has 0 spiro atoms. The summed E-state index contributed by atoms with van der Waals surface area (Å²) in [4.78, 5) is 21.5. The first kappa shape index (κ1) is 9.48. The lowest BCUT2D eigenvalue weighted by atomic mass is 10.2. The molecular weight excluding hydrogens is 216 g/mol. The first-order valence-corrected chi connectivity index (χ1v) is 5.81. The summed E-state index contributed by atoms with van der Waals surface area (Å²) in [7, 11) is 0. The van der Waals surface area contributed by atoms with Crippen molar-refractivity contribution in [1.29, 1.82) is 0 Å². The summed E-state index contributed by atoms with van der Waals surface area (Å²) < 4.78 is 0. The Hall–Kier alpha value is -1.07. The van der Waals surface area contributed by atoms with Gasteiger partial charge in [0.05, 0.1) is 32.2 Å². The average molecular weight is 224 g/mol. The zero-order valence-electron chi connectivity index (χ0n) is 7.77. The fraction of sp³-hybridized carbons (Fsp3) is 0.222. The maximum atomic E-state index is 12.0. The second kappa shape index (κ2) is 3.59. The summed E-state index contributed by atoms with van der Waals surface area (Å²) in [5.74, 6) is 0.0463. The highest BCUT2D eigenvalue weighted by molar-refractivity contribution is 7.15. The van der Waals surface area contributed by atoms with E-state index in [4.69, 9.17) is 0 Å². The molecule has 14 heavy (non-hydrogen) atoms. The fourth-order valence-corrected chi connectivity index (χ4v) is 2.70. The number of aryl methyl sites for hydroxylation is 2. The molecule has 2 aromatic heterocycles. The molecular formula is C9H8N2OS2. The van der Waals surface area contributed by atoms with Crippen LogP contribution in [-0.4, -0.2) is 15.8 Å². The molecule has 0 unspecified atom stereocenters. The molecule has 0 fully saturated rings. The number of aromatic nitrogens is 2. The Morgan fingerprint density at radius 1 is 1.07 bits per heavy atom. The largest absolute Gasteiger partial charge is 0.287 e. The lowest BCUT2D eigenvalue weighted by molar-refractivity contribution is 0.104. The summed E-state index contributed by atoms with van der Waals surface area (Å²) >= 11 is 2.77. The highest BCUT2D eigenvalue weighted by atomic mass is 32.1. The molecule has 0 amide bonds. The van der Waals surface area contributed by atoms with E-state index in [2.05, 4.69) is 9.97 Å². The van der Waals surface area contributed by atoms with Crippen LogP contribution in [0.5, 0.6) is 0 Å². The Kier molecular flexibility index (Phi) is 2.43. The van der Waals surface area contributed by atoms with E-state index < -0.39 is 0 Å². The van der Waals surface area contributed by atoms with Crippen molar-refractivity contribution in [3.05, 3.63) is 32.2 Å². The van der Waals surface area contributed by atoms with Crippen LogP contribution in [0, 0.1) is 13.8 Å². The standard InChI is InChI=1S/C9H8N2OS2/c1-5-8(13-3-10-5)7(12)9-6(2)11-4-14-9/h3-4H,1-2H3. The van der Waals surface area contributed by atoms with Gasteiger partial charge in [-0.1, -0.05) is 0 Å². The van der Waals surface area contributed by atoms with Gasteiger partial charge in [0.15, 0.2) is 0 Å². The van der Waals surface area contributed by atoms with Gasteiger partial charge in [-0.15, -0.1) is 22.7 Å². The van der Waals surface area contributed by atoms with Crippen LogP contribution in [-0.2, 0) is 0 Å². The van der Waals surface area contributed by atoms with Gasteiger partial charge >= 0.3 is 0 Å². The van der Waals surface area contributed by atoms with E-state index in [-0.39, 0.29) is 5.78 Å². The Morgan fingerprint density at radius 2 is 1.50 bits per heavy atom. The maximum absolute atomic E-state index is 12.0. The third-order valence-electron chi connectivity index (χ3n) is 1.90. The van der Waals surface area contributed by atoms with Crippen LogP contribution < -0.4 is 0 Å². The zero-order chi connectivity index (χ0) is 10.1. The molecule has 2 heterocycles. The van der Waals surface area contributed by atoms with E-state index in [1.54, 1.807) is 11.0 Å². The molecule has 0 saturated heterocycles. The highest BCUT2D eigenvalue weighted by Gasteiger charge is 2.17. The molecule has 0 saturated carbocycles. The first-order valence-electron chi connectivity index (χ1n) is 4.05. The van der Waals surface area contributed by atoms with Crippen LogP contribution in [0.25, 0.3) is 0 Å². The average Bonchev–Trinajstić information content (AvgIpc) is 2.73. The second-order valence-corrected chi connectivity index (χ2v) is 4.57. The van der Waals surface area contributed by atoms with E-state index in [0.717, 1.165) is 21.1 Å². The molecule has 0 bridgehead atoms. The molecule has 2 aromatic rings. The lowest BCUT2D eigenvalue weighted by Gasteiger charge is -1.95. The van der Waals surface area contributed by atoms with Gasteiger partial charge in [-0.25, -0.2) is 9.97 Å². The van der Waals surface area contributed by atoms with Crippen molar-refractivity contribution >= 4 is 28.5 Å². The highest BCUT2D eigenvalue weighted by Crippen LogP contribution is 2.21. The quantitative estimate of drug-likeness (QED) is 0.736. The summed E-state index contributed by atoms with van der Waals surface area (Å²) in [6.45, 7) is 3.69. The number of carbonyl (C=O) groups is 1. The summed E-state index contributed by atoms with van der Waals surface area (Å²) in [5.41, 5.74) is 4.98. The molecule has 5 heteroatoms. The van der Waals surface area contributed by atoms with E-state index in [9.17, 15) is 4.79 Å². The van der Waals surface area contributed by atoms with Gasteiger partial charge in [-0.05, 0) is 13.8 Å². The Balaban J connectivity index is 2.44. The number of ketones is 1. The molecule has 72 valence electrons. The fourth-order valence-electron chi connectivity index (χ4n) is 1.14. The number of hydrogen-bond donors (Lipinski definition) is 0. The molecule has 0 aliphatic carbocycles. The second-order valence-electron chi connectivity index (χ2n) is 2.86. The van der Waals surface area contributed by atoms with Crippen LogP contribution in [0.15, 0.2) is 11.0 Å². The number of nitrogens with zero attached hydrogens (tertiary/aromatic N) is 2. The van der Waals surface area contributed by atoms with Gasteiger partial charge in [0.25, 0.3) is 0 Å². The SMILES string of the molecule is Cc1ncsc1C(=O)c1scnc1C. The normalized spacial score (nSPS) is 10.4. The molecule has 0 aromatic carbocycles. The predicted molar refractivity (Wildman–Crippen MR) is 57.1 cm³/mol. The van der Waals surface area contributed by atoms with Crippen molar-refractivity contribution in [1.82, 2.24) is 9.97 Å². The van der Waals surface area contributed by atoms with Gasteiger partial charge in [0, 0.05) is 0 Å². The molecule has 0 atom stereocenters. The summed E-state index contributed by atoms with van der Waals surface area (Å²) in [6, 6.07) is 0. The Labute approximate surface area is 89.5 Å². The van der Waals surface area contributed by atoms with Crippen molar-refractivity contribution in [3.8, 4) is 0 Å². The van der Waals surface area contributed by atoms with Crippen molar-refractivity contribution in [2.45, 2.75) is 13.8 Å². The molecule has 0 aliphatic rings. The minimum absolute atomic E-state index is 0.0463. The van der Waals surface area contributed by atoms with Crippen molar-refractivity contribution in [3.63, 3.8) is 0 Å². The lowest BCUT2D eigenvalue weighted by Crippen LogP contribution is -2.00. The minimum Gasteiger partial charge on any atom is -0.287 e.